The van der Waals surface area contributed by atoms with E-state index >= 15 is 0 Å². The summed E-state index contributed by atoms with van der Waals surface area (Å²) < 4.78 is 3.62. The van der Waals surface area contributed by atoms with Gasteiger partial charge < -0.3 is 12.2 Å². The third kappa shape index (κ3) is 2.77. The first kappa shape index (κ1) is 7.12. The zero-order chi connectivity index (χ0) is 5.86. The second-order valence-electron chi connectivity index (χ2n) is 0.992. The molecule has 0 aliphatic carbocycles. The van der Waals surface area contributed by atoms with E-state index < -0.39 is 6.92 Å². The molecule has 2 nitrogen and oxygen atoms in total. The van der Waals surface area contributed by atoms with Crippen molar-refractivity contribution in [3.05, 3.63) is 0 Å². The number of hydrogen-bond donors (Lipinski definition) is 0. The fraction of sp³-hybridized carbons (Fsp3) is 0.667. The van der Waals surface area contributed by atoms with Gasteiger partial charge in [0.05, 0.1) is 7.05 Å². The zero-order valence-electron chi connectivity index (χ0n) is 4.21. The van der Waals surface area contributed by atoms with Gasteiger partial charge in [-0.25, -0.2) is 4.79 Å². The molecule has 40 valence electrons. The topological polar surface area (TPSA) is 29.4 Å². The molecule has 0 saturated heterocycles. The fourth-order valence-corrected chi connectivity index (χ4v) is 0.422. The van der Waals surface area contributed by atoms with Gasteiger partial charge in [-0.15, -0.1) is 4.74 Å². The van der Waals surface area contributed by atoms with Crippen LogP contribution in [0.1, 0.15) is 6.92 Å². The second-order valence-corrected chi connectivity index (χ2v) is 3.61. The van der Waals surface area contributed by atoms with Gasteiger partial charge in [-0.1, -0.05) is 0 Å². The number of rotatable bonds is 1. The molecule has 0 aromatic carbocycles. The van der Waals surface area contributed by atoms with Crippen molar-refractivity contribution in [2.45, 2.75) is 6.92 Å². The Hall–Kier alpha value is 0.120. The predicted octanol–water partition coefficient (Wildman–Crippen LogP) is 1.29. The smallest absolute Gasteiger partial charge is 0.319 e. The van der Waals surface area contributed by atoms with Crippen LogP contribution in [0.15, 0.2) is 4.74 Å². The highest BCUT2D eigenvalue weighted by molar-refractivity contribution is 8.35. The van der Waals surface area contributed by atoms with E-state index in [1.165, 1.54) is 6.92 Å². The molecule has 0 radical (unpaired) electrons. The summed E-state index contributed by atoms with van der Waals surface area (Å²) in [6.07, 6.45) is 0. The molecule has 0 fully saturated rings. The first-order chi connectivity index (χ1) is 3.18. The van der Waals surface area contributed by atoms with Crippen LogP contribution in [-0.4, -0.2) is 12.6 Å². The molecule has 1 unspecified atom stereocenters. The van der Waals surface area contributed by atoms with Gasteiger partial charge in [-0.3, -0.25) is 0 Å². The summed E-state index contributed by atoms with van der Waals surface area (Å²) in [5.41, 5.74) is 0.00694. The van der Waals surface area contributed by atoms with Crippen molar-refractivity contribution >= 4 is 24.7 Å². The minimum Gasteiger partial charge on any atom is -0.459 e. The molecular formula is C3H6NOPS. The third-order valence-electron chi connectivity index (χ3n) is 0.451. The average Bonchev–Trinajstić information content (AvgIpc) is 1.65. The van der Waals surface area contributed by atoms with Crippen LogP contribution in [0.3, 0.4) is 0 Å². The maximum atomic E-state index is 10.2. The molecule has 0 N–H and O–H groups in total. The lowest BCUT2D eigenvalue weighted by molar-refractivity contribution is -0.109. The number of carbonyl (C=O) groups excluding carboxylic acids is 1. The summed E-state index contributed by atoms with van der Waals surface area (Å²) in [5, 5.41) is 0. The summed E-state index contributed by atoms with van der Waals surface area (Å²) >= 11 is 4.61. The normalized spacial score (nSPS) is 11.6. The van der Waals surface area contributed by atoms with Crippen molar-refractivity contribution in [1.82, 2.24) is 0 Å². The van der Waals surface area contributed by atoms with Crippen molar-refractivity contribution in [3.63, 3.8) is 0 Å². The number of nitrogens with zero attached hydrogens (tertiary/aromatic N) is 1. The molecule has 0 saturated carbocycles. The van der Waals surface area contributed by atoms with Crippen LogP contribution >= 0.6 is 6.92 Å². The van der Waals surface area contributed by atoms with Crippen LogP contribution in [0, 0.1) is 0 Å². The van der Waals surface area contributed by atoms with E-state index in [4.69, 9.17) is 0 Å². The molecule has 0 aromatic rings. The van der Waals surface area contributed by atoms with Crippen LogP contribution in [0.2, 0.25) is 0 Å². The molecule has 4 heteroatoms. The van der Waals surface area contributed by atoms with E-state index in [1.807, 2.05) is 0 Å². The number of carbonyl (C=O) groups is 1. The average molecular weight is 135 g/mol. The summed E-state index contributed by atoms with van der Waals surface area (Å²) in [6, 6.07) is 0. The molecule has 7 heavy (non-hydrogen) atoms. The highest BCUT2D eigenvalue weighted by Crippen LogP contribution is 2.20. The van der Waals surface area contributed by atoms with E-state index in [0.29, 0.717) is 0 Å². The molecule has 0 bridgehead atoms. The van der Waals surface area contributed by atoms with E-state index in [-0.39, 0.29) is 5.52 Å². The lowest BCUT2D eigenvalue weighted by Gasteiger charge is -1.81. The van der Waals surface area contributed by atoms with Gasteiger partial charge in [-0.2, -0.15) is 0 Å². The first-order valence-electron chi connectivity index (χ1n) is 1.76. The van der Waals surface area contributed by atoms with Crippen molar-refractivity contribution in [3.8, 4) is 0 Å². The quantitative estimate of drug-likeness (QED) is 0.400. The molecule has 0 amide bonds. The van der Waals surface area contributed by atoms with Gasteiger partial charge in [0, 0.05) is 6.92 Å². The minimum absolute atomic E-state index is 0.00694. The standard InChI is InChI=1S/C3H6NOPS/c1-3(5)6(7)4-2/h1-2H3. The van der Waals surface area contributed by atoms with E-state index in [2.05, 4.69) is 17.0 Å². The molecular weight excluding hydrogens is 129 g/mol. The predicted molar refractivity (Wildman–Crippen MR) is 33.3 cm³/mol. The molecule has 0 heterocycles. The summed E-state index contributed by atoms with van der Waals surface area (Å²) in [6.45, 7) is 0.396. The van der Waals surface area contributed by atoms with E-state index in [1.54, 1.807) is 7.05 Å². The van der Waals surface area contributed by atoms with Crippen LogP contribution in [0.4, 0.5) is 0 Å². The van der Waals surface area contributed by atoms with Gasteiger partial charge in [0.25, 0.3) is 0 Å². The monoisotopic (exact) mass is 135 g/mol. The highest BCUT2D eigenvalue weighted by atomic mass is 32.7. The third-order valence-corrected chi connectivity index (χ3v) is 2.61. The van der Waals surface area contributed by atoms with Crippen molar-refractivity contribution < 1.29 is 4.79 Å². The first-order valence-corrected chi connectivity index (χ1v) is 4.07. The Labute approximate surface area is 48.9 Å². The van der Waals surface area contributed by atoms with Crippen molar-refractivity contribution in [2.24, 2.45) is 4.74 Å². The maximum absolute atomic E-state index is 10.2. The molecule has 1 atom stereocenters. The molecule has 0 aliphatic heterocycles. The van der Waals surface area contributed by atoms with Gasteiger partial charge in [0.2, 0.25) is 0 Å². The van der Waals surface area contributed by atoms with Gasteiger partial charge in [0.15, 0.2) is 0 Å². The van der Waals surface area contributed by atoms with Crippen LogP contribution in [0.25, 0.3) is 0 Å². The Bertz CT molecular complexity index is 112. The Morgan fingerprint density at radius 3 is 2.29 bits per heavy atom. The minimum atomic E-state index is -1.07. The van der Waals surface area contributed by atoms with E-state index in [9.17, 15) is 4.79 Å². The van der Waals surface area contributed by atoms with Crippen LogP contribution < -0.4 is 0 Å². The zero-order valence-corrected chi connectivity index (χ0v) is 5.92. The molecule has 0 aromatic heterocycles. The highest BCUT2D eigenvalue weighted by Gasteiger charge is 1.97. The Kier molecular flexibility index (Phi) is 3.22. The summed E-state index contributed by atoms with van der Waals surface area (Å²) in [5.74, 6) is 0. The Balaban J connectivity index is 3.82. The van der Waals surface area contributed by atoms with Crippen LogP contribution in [0.5, 0.6) is 0 Å². The second kappa shape index (κ2) is 3.16. The van der Waals surface area contributed by atoms with Gasteiger partial charge in [0.1, 0.15) is 6.92 Å². The maximum Gasteiger partial charge on any atom is 0.319 e. The SMILES string of the molecule is CN=[P+]([S-])C(C)=O. The van der Waals surface area contributed by atoms with E-state index in [0.717, 1.165) is 0 Å². The lowest BCUT2D eigenvalue weighted by atomic mass is 10.9. The van der Waals surface area contributed by atoms with Gasteiger partial charge >= 0.3 is 5.52 Å². The molecule has 0 rings (SSSR count). The van der Waals surface area contributed by atoms with Crippen molar-refractivity contribution in [1.29, 1.82) is 0 Å². The molecule has 0 spiro atoms. The van der Waals surface area contributed by atoms with Crippen molar-refractivity contribution in [2.75, 3.05) is 7.05 Å². The summed E-state index contributed by atoms with van der Waals surface area (Å²) in [4.78, 5) is 10.2. The summed E-state index contributed by atoms with van der Waals surface area (Å²) in [7, 11) is 1.57. The largest absolute Gasteiger partial charge is 0.459 e. The van der Waals surface area contributed by atoms with Gasteiger partial charge in [-0.05, 0) is 0 Å². The Morgan fingerprint density at radius 2 is 2.29 bits per heavy atom. The lowest BCUT2D eigenvalue weighted by Crippen LogP contribution is -1.74. The molecule has 0 aliphatic rings. The Morgan fingerprint density at radius 1 is 1.86 bits per heavy atom. The van der Waals surface area contributed by atoms with Crippen LogP contribution in [-0.2, 0) is 17.0 Å². The number of hydrogen-bond acceptors (Lipinski definition) is 3. The fourth-order valence-electron chi connectivity index (χ4n) is 0.141.